The highest BCUT2D eigenvalue weighted by Crippen LogP contribution is 2.24. The molecule has 0 saturated heterocycles. The van der Waals surface area contributed by atoms with Crippen LogP contribution in [0, 0.1) is 0 Å². The molecule has 3 amide bonds. The van der Waals surface area contributed by atoms with Gasteiger partial charge in [-0.1, -0.05) is 0 Å². The second kappa shape index (κ2) is 7.42. The second-order valence-corrected chi connectivity index (χ2v) is 5.34. The average molecular weight is 328 g/mol. The summed E-state index contributed by atoms with van der Waals surface area (Å²) in [7, 11) is 1.72. The fourth-order valence-electron chi connectivity index (χ4n) is 2.01. The van der Waals surface area contributed by atoms with Crippen molar-refractivity contribution in [2.24, 2.45) is 0 Å². The quantitative estimate of drug-likeness (QED) is 0.787. The van der Waals surface area contributed by atoms with Crippen LogP contribution in [0.1, 0.15) is 26.5 Å². The van der Waals surface area contributed by atoms with Crippen LogP contribution in [0.4, 0.5) is 16.3 Å². The van der Waals surface area contributed by atoms with Crippen LogP contribution in [0.15, 0.2) is 12.1 Å². The van der Waals surface area contributed by atoms with Crippen LogP contribution in [-0.4, -0.2) is 41.0 Å². The molecule has 1 aliphatic rings. The third-order valence-corrected chi connectivity index (χ3v) is 3.50. The number of anilines is 2. The highest BCUT2D eigenvalue weighted by molar-refractivity contribution is 5.95. The van der Waals surface area contributed by atoms with Crippen molar-refractivity contribution in [3.8, 4) is 0 Å². The number of hydrogen-bond acceptors (Lipinski definition) is 4. The molecule has 0 unspecified atom stereocenters. The number of hydrogen-bond donors (Lipinski definition) is 3. The van der Waals surface area contributed by atoms with Crippen molar-refractivity contribution in [1.82, 2.24) is 15.2 Å². The van der Waals surface area contributed by atoms with Crippen LogP contribution in [0.3, 0.4) is 0 Å². The lowest BCUT2D eigenvalue weighted by Gasteiger charge is -2.31. The van der Waals surface area contributed by atoms with Crippen LogP contribution in [0.5, 0.6) is 0 Å². The van der Waals surface area contributed by atoms with Gasteiger partial charge < -0.3 is 20.9 Å². The van der Waals surface area contributed by atoms with E-state index < -0.39 is 0 Å². The summed E-state index contributed by atoms with van der Waals surface area (Å²) in [4.78, 5) is 29.9. The molecule has 0 radical (unpaired) electrons. The SMILES string of the molecule is CN[C@@H](C)C(=O)Nc1ccc2c(n1)CN(C(C)C)C(=O)N2.Cl. The Kier molecular flexibility index (Phi) is 6.13. The van der Waals surface area contributed by atoms with E-state index in [4.69, 9.17) is 0 Å². The third kappa shape index (κ3) is 3.86. The smallest absolute Gasteiger partial charge is 0.316 e. The van der Waals surface area contributed by atoms with Gasteiger partial charge >= 0.3 is 6.03 Å². The summed E-state index contributed by atoms with van der Waals surface area (Å²) in [5, 5.41) is 8.43. The molecule has 2 heterocycles. The number of aromatic nitrogens is 1. The van der Waals surface area contributed by atoms with Crippen LogP contribution < -0.4 is 16.0 Å². The number of halogens is 1. The number of carbonyl (C=O) groups excluding carboxylic acids is 2. The Labute approximate surface area is 136 Å². The third-order valence-electron chi connectivity index (χ3n) is 3.50. The lowest BCUT2D eigenvalue weighted by molar-refractivity contribution is -0.117. The standard InChI is InChI=1S/C14H21N5O2.ClH/c1-8(2)19-7-11-10(17-14(19)21)5-6-12(16-11)18-13(20)9(3)15-4;/h5-6,8-9,15H,7H2,1-4H3,(H,17,21)(H,16,18,20);1H/t9-;/m0./s1. The predicted molar refractivity (Wildman–Crippen MR) is 88.3 cm³/mol. The summed E-state index contributed by atoms with van der Waals surface area (Å²) in [6.45, 7) is 6.11. The minimum absolute atomic E-state index is 0. The van der Waals surface area contributed by atoms with E-state index in [1.807, 2.05) is 13.8 Å². The van der Waals surface area contributed by atoms with E-state index in [0.29, 0.717) is 18.1 Å². The van der Waals surface area contributed by atoms with Gasteiger partial charge in [-0.15, -0.1) is 12.4 Å². The predicted octanol–water partition coefficient (Wildman–Crippen LogP) is 1.81. The lowest BCUT2D eigenvalue weighted by atomic mass is 10.2. The van der Waals surface area contributed by atoms with E-state index in [9.17, 15) is 9.59 Å². The molecule has 3 N–H and O–H groups in total. The van der Waals surface area contributed by atoms with Crippen molar-refractivity contribution in [3.05, 3.63) is 17.8 Å². The second-order valence-electron chi connectivity index (χ2n) is 5.34. The largest absolute Gasteiger partial charge is 0.322 e. The van der Waals surface area contributed by atoms with Gasteiger partial charge in [0, 0.05) is 6.04 Å². The monoisotopic (exact) mass is 327 g/mol. The van der Waals surface area contributed by atoms with E-state index >= 15 is 0 Å². The number of rotatable bonds is 4. The molecule has 1 aromatic rings. The summed E-state index contributed by atoms with van der Waals surface area (Å²) in [5.74, 6) is 0.339. The van der Waals surface area contributed by atoms with Gasteiger partial charge in [0.05, 0.1) is 24.0 Å². The van der Waals surface area contributed by atoms with Gasteiger partial charge in [-0.25, -0.2) is 9.78 Å². The van der Waals surface area contributed by atoms with Crippen molar-refractivity contribution in [2.75, 3.05) is 17.7 Å². The van der Waals surface area contributed by atoms with E-state index in [1.54, 1.807) is 31.0 Å². The normalized spacial score (nSPS) is 14.8. The van der Waals surface area contributed by atoms with Gasteiger partial charge in [-0.2, -0.15) is 0 Å². The maximum Gasteiger partial charge on any atom is 0.322 e. The van der Waals surface area contributed by atoms with Gasteiger partial charge in [0.15, 0.2) is 0 Å². The number of pyridine rings is 1. The minimum atomic E-state index is -0.297. The van der Waals surface area contributed by atoms with Gasteiger partial charge in [0.2, 0.25) is 5.91 Å². The number of likely N-dealkylation sites (N-methyl/N-ethyl adjacent to an activating group) is 1. The number of fused-ring (bicyclic) bond motifs is 1. The number of amides is 3. The maximum absolute atomic E-state index is 11.9. The Morgan fingerprint density at radius 2 is 2.05 bits per heavy atom. The van der Waals surface area contributed by atoms with Crippen LogP contribution in [-0.2, 0) is 11.3 Å². The van der Waals surface area contributed by atoms with Crippen molar-refractivity contribution >= 4 is 35.9 Å². The number of urea groups is 1. The van der Waals surface area contributed by atoms with Crippen LogP contribution in [0.25, 0.3) is 0 Å². The Bertz CT molecular complexity index is 564. The first-order valence-corrected chi connectivity index (χ1v) is 6.98. The molecular formula is C14H22ClN5O2. The summed E-state index contributed by atoms with van der Waals surface area (Å²) < 4.78 is 0. The summed E-state index contributed by atoms with van der Waals surface area (Å²) in [6, 6.07) is 3.11. The molecule has 1 atom stereocenters. The molecule has 0 saturated carbocycles. The van der Waals surface area contributed by atoms with E-state index in [-0.39, 0.29) is 36.4 Å². The number of nitrogens with one attached hydrogen (secondary N) is 3. The zero-order chi connectivity index (χ0) is 15.6. The molecule has 0 spiro atoms. The highest BCUT2D eigenvalue weighted by atomic mass is 35.5. The first-order chi connectivity index (χ1) is 9.92. The molecule has 8 heteroatoms. The molecule has 0 bridgehead atoms. The molecule has 22 heavy (non-hydrogen) atoms. The molecule has 0 aromatic carbocycles. The molecule has 2 rings (SSSR count). The van der Waals surface area contributed by atoms with E-state index in [1.165, 1.54) is 0 Å². The Balaban J connectivity index is 0.00000242. The highest BCUT2D eigenvalue weighted by Gasteiger charge is 2.25. The summed E-state index contributed by atoms with van der Waals surface area (Å²) >= 11 is 0. The van der Waals surface area contributed by atoms with Gasteiger partial charge in [0.1, 0.15) is 5.82 Å². The van der Waals surface area contributed by atoms with Gasteiger partial charge in [0.25, 0.3) is 0 Å². The fraction of sp³-hybridized carbons (Fsp3) is 0.500. The average Bonchev–Trinajstić information content (AvgIpc) is 2.45. The first-order valence-electron chi connectivity index (χ1n) is 6.98. The molecule has 0 aliphatic carbocycles. The zero-order valence-corrected chi connectivity index (χ0v) is 14.0. The summed E-state index contributed by atoms with van der Waals surface area (Å²) in [6.07, 6.45) is 0. The molecule has 1 aliphatic heterocycles. The number of nitrogens with zero attached hydrogens (tertiary/aromatic N) is 2. The maximum atomic E-state index is 11.9. The van der Waals surface area contributed by atoms with Crippen molar-refractivity contribution in [3.63, 3.8) is 0 Å². The lowest BCUT2D eigenvalue weighted by Crippen LogP contribution is -2.43. The Morgan fingerprint density at radius 3 is 2.64 bits per heavy atom. The molecule has 7 nitrogen and oxygen atoms in total. The van der Waals surface area contributed by atoms with Gasteiger partial charge in [-0.3, -0.25) is 4.79 Å². The van der Waals surface area contributed by atoms with Crippen molar-refractivity contribution < 1.29 is 9.59 Å². The molecule has 122 valence electrons. The van der Waals surface area contributed by atoms with Crippen LogP contribution in [0.2, 0.25) is 0 Å². The van der Waals surface area contributed by atoms with E-state index in [0.717, 1.165) is 5.69 Å². The fourth-order valence-corrected chi connectivity index (χ4v) is 2.01. The Hall–Kier alpha value is -1.86. The van der Waals surface area contributed by atoms with E-state index in [2.05, 4.69) is 20.9 Å². The number of carbonyl (C=O) groups is 2. The Morgan fingerprint density at radius 1 is 1.36 bits per heavy atom. The van der Waals surface area contributed by atoms with Crippen molar-refractivity contribution in [1.29, 1.82) is 0 Å². The minimum Gasteiger partial charge on any atom is -0.316 e. The molecular weight excluding hydrogens is 306 g/mol. The molecule has 1 aromatic heterocycles. The molecule has 0 fully saturated rings. The first kappa shape index (κ1) is 18.2. The van der Waals surface area contributed by atoms with Crippen molar-refractivity contribution in [2.45, 2.75) is 39.4 Å². The van der Waals surface area contributed by atoms with Gasteiger partial charge in [-0.05, 0) is 40.0 Å². The zero-order valence-electron chi connectivity index (χ0n) is 13.1. The summed E-state index contributed by atoms with van der Waals surface area (Å²) in [5.41, 5.74) is 1.44. The topological polar surface area (TPSA) is 86.4 Å². The van der Waals surface area contributed by atoms with Crippen LogP contribution >= 0.6 is 12.4 Å².